The Labute approximate surface area is 562 Å². The predicted molar refractivity (Wildman–Crippen MR) is 372 cm³/mol. The van der Waals surface area contributed by atoms with Crippen LogP contribution in [0.2, 0.25) is 0 Å². The molecule has 17 nitrogen and oxygen atoms in total. The maximum absolute atomic E-state index is 13.0. The molecule has 19 heteroatoms. The zero-order valence-electron chi connectivity index (χ0n) is 59.9. The Bertz CT molecular complexity index is 1790. The number of carbonyl (C=O) groups excluding carboxylic acids is 4. The second-order valence-corrected chi connectivity index (χ2v) is 30.2. The minimum absolute atomic E-state index is 0.107. The van der Waals surface area contributed by atoms with Crippen molar-refractivity contribution in [3.63, 3.8) is 0 Å². The van der Waals surface area contributed by atoms with E-state index in [4.69, 9.17) is 37.0 Å². The molecule has 3 N–H and O–H groups in total. The van der Waals surface area contributed by atoms with Crippen LogP contribution in [-0.2, 0) is 65.4 Å². The summed E-state index contributed by atoms with van der Waals surface area (Å²) in [5, 5.41) is 10.6. The maximum atomic E-state index is 13.0. The molecule has 0 bridgehead atoms. The molecule has 0 spiro atoms. The number of hydrogen-bond donors (Lipinski definition) is 3. The SMILES string of the molecule is CCCCCCCCCCCCCCCCCC(=O)O[C@H](COC(=O)CCCCCCCCC)COP(=O)(O)OC[C@H](O)COP(=O)(O)OC[C@@H](COC(=O)CCCCCCCCCCCCCCC(C)C)OC(=O)CCCCCCCCCCCCCCC(C)C. The van der Waals surface area contributed by atoms with Gasteiger partial charge in [0.25, 0.3) is 0 Å². The molecule has 2 unspecified atom stereocenters. The highest BCUT2D eigenvalue weighted by Crippen LogP contribution is 2.45. The van der Waals surface area contributed by atoms with Gasteiger partial charge >= 0.3 is 39.5 Å². The average molecular weight is 1350 g/mol. The number of carbonyl (C=O) groups is 4. The molecule has 0 aliphatic carbocycles. The van der Waals surface area contributed by atoms with Crippen LogP contribution < -0.4 is 0 Å². The Morgan fingerprint density at radius 3 is 0.739 bits per heavy atom. The van der Waals surface area contributed by atoms with Crippen molar-refractivity contribution in [2.24, 2.45) is 11.8 Å². The van der Waals surface area contributed by atoms with Crippen LogP contribution in [0.1, 0.15) is 375 Å². The molecule has 0 aromatic heterocycles. The van der Waals surface area contributed by atoms with Crippen molar-refractivity contribution in [1.29, 1.82) is 0 Å². The number of ether oxygens (including phenoxy) is 4. The first kappa shape index (κ1) is 90.1. The first-order valence-corrected chi connectivity index (χ1v) is 41.0. The molecule has 546 valence electrons. The normalized spacial score (nSPS) is 14.1. The zero-order valence-corrected chi connectivity index (χ0v) is 61.6. The molecular formula is C73H142O17P2. The van der Waals surface area contributed by atoms with Crippen molar-refractivity contribution in [3.8, 4) is 0 Å². The van der Waals surface area contributed by atoms with Crippen molar-refractivity contribution in [3.05, 3.63) is 0 Å². The molecule has 0 aromatic carbocycles. The van der Waals surface area contributed by atoms with Crippen LogP contribution in [0.5, 0.6) is 0 Å². The van der Waals surface area contributed by atoms with Gasteiger partial charge < -0.3 is 33.8 Å². The molecule has 0 saturated carbocycles. The molecular weight excluding hydrogens is 1210 g/mol. The Balaban J connectivity index is 5.20. The second-order valence-electron chi connectivity index (χ2n) is 27.3. The van der Waals surface area contributed by atoms with E-state index in [1.54, 1.807) is 0 Å². The topological polar surface area (TPSA) is 237 Å². The second kappa shape index (κ2) is 65.0. The summed E-state index contributed by atoms with van der Waals surface area (Å²) in [5.41, 5.74) is 0. The van der Waals surface area contributed by atoms with Crippen LogP contribution in [0, 0.1) is 11.8 Å². The Morgan fingerprint density at radius 1 is 0.293 bits per heavy atom. The van der Waals surface area contributed by atoms with E-state index in [1.807, 2.05) is 0 Å². The van der Waals surface area contributed by atoms with Crippen molar-refractivity contribution in [2.45, 2.75) is 394 Å². The fourth-order valence-corrected chi connectivity index (χ4v) is 12.7. The van der Waals surface area contributed by atoms with Gasteiger partial charge in [-0.1, -0.05) is 324 Å². The van der Waals surface area contributed by atoms with Crippen LogP contribution in [0.3, 0.4) is 0 Å². The van der Waals surface area contributed by atoms with Crippen molar-refractivity contribution >= 4 is 39.5 Å². The molecule has 0 amide bonds. The largest absolute Gasteiger partial charge is 0.472 e. The van der Waals surface area contributed by atoms with Crippen LogP contribution in [0.4, 0.5) is 0 Å². The fourth-order valence-electron chi connectivity index (χ4n) is 11.1. The molecule has 0 radical (unpaired) electrons. The average Bonchev–Trinajstić information content (AvgIpc) is 2.14. The first-order valence-electron chi connectivity index (χ1n) is 38.0. The molecule has 0 fully saturated rings. The molecule has 0 rings (SSSR count). The number of phosphoric ester groups is 2. The van der Waals surface area contributed by atoms with E-state index in [1.165, 1.54) is 180 Å². The summed E-state index contributed by atoms with van der Waals surface area (Å²) in [5.74, 6) is -0.564. The van der Waals surface area contributed by atoms with E-state index in [9.17, 15) is 43.2 Å². The van der Waals surface area contributed by atoms with Gasteiger partial charge in [0.1, 0.15) is 19.3 Å². The van der Waals surface area contributed by atoms with Gasteiger partial charge in [0.2, 0.25) is 0 Å². The summed E-state index contributed by atoms with van der Waals surface area (Å²) < 4.78 is 68.3. The first-order chi connectivity index (χ1) is 44.4. The zero-order chi connectivity index (χ0) is 67.9. The number of hydrogen-bond acceptors (Lipinski definition) is 15. The van der Waals surface area contributed by atoms with Gasteiger partial charge in [-0.15, -0.1) is 0 Å². The Hall–Kier alpha value is -1.94. The number of aliphatic hydroxyl groups excluding tert-OH is 1. The van der Waals surface area contributed by atoms with Gasteiger partial charge in [0.15, 0.2) is 12.2 Å². The summed E-state index contributed by atoms with van der Waals surface area (Å²) in [7, 11) is -9.90. The van der Waals surface area contributed by atoms with Crippen LogP contribution in [-0.4, -0.2) is 96.7 Å². The summed E-state index contributed by atoms with van der Waals surface area (Å²) in [4.78, 5) is 72.6. The van der Waals surface area contributed by atoms with Gasteiger partial charge in [-0.2, -0.15) is 0 Å². The van der Waals surface area contributed by atoms with E-state index in [-0.39, 0.29) is 25.7 Å². The molecule has 92 heavy (non-hydrogen) atoms. The minimum Gasteiger partial charge on any atom is -0.462 e. The monoisotopic (exact) mass is 1350 g/mol. The Kier molecular flexibility index (Phi) is 63.7. The maximum Gasteiger partial charge on any atom is 0.472 e. The number of rotatable bonds is 72. The number of aliphatic hydroxyl groups is 1. The minimum atomic E-state index is -4.95. The van der Waals surface area contributed by atoms with Gasteiger partial charge in [-0.25, -0.2) is 9.13 Å². The van der Waals surface area contributed by atoms with E-state index < -0.39 is 97.5 Å². The molecule has 0 aliphatic heterocycles. The van der Waals surface area contributed by atoms with E-state index in [0.717, 1.165) is 115 Å². The lowest BCUT2D eigenvalue weighted by Crippen LogP contribution is -2.30. The molecule has 0 heterocycles. The summed E-state index contributed by atoms with van der Waals surface area (Å²) in [6, 6.07) is 0. The number of esters is 4. The van der Waals surface area contributed by atoms with Crippen molar-refractivity contribution in [1.82, 2.24) is 0 Å². The van der Waals surface area contributed by atoms with Crippen LogP contribution in [0.25, 0.3) is 0 Å². The van der Waals surface area contributed by atoms with Gasteiger partial charge in [0, 0.05) is 25.7 Å². The lowest BCUT2D eigenvalue weighted by atomic mass is 10.0. The molecule has 0 aliphatic rings. The highest BCUT2D eigenvalue weighted by molar-refractivity contribution is 7.47. The third kappa shape index (κ3) is 66.7. The molecule has 5 atom stereocenters. The quantitative estimate of drug-likeness (QED) is 0.0222. The highest BCUT2D eigenvalue weighted by atomic mass is 31.2. The summed E-state index contributed by atoms with van der Waals surface area (Å²) in [6.07, 6.45) is 51.4. The van der Waals surface area contributed by atoms with Gasteiger partial charge in [0.05, 0.1) is 26.4 Å². The van der Waals surface area contributed by atoms with E-state index >= 15 is 0 Å². The summed E-state index contributed by atoms with van der Waals surface area (Å²) in [6.45, 7) is 9.56. The molecule has 0 aromatic rings. The van der Waals surface area contributed by atoms with Gasteiger partial charge in [-0.3, -0.25) is 37.3 Å². The van der Waals surface area contributed by atoms with Gasteiger partial charge in [-0.05, 0) is 37.5 Å². The smallest absolute Gasteiger partial charge is 0.462 e. The highest BCUT2D eigenvalue weighted by Gasteiger charge is 2.30. The van der Waals surface area contributed by atoms with Crippen molar-refractivity contribution in [2.75, 3.05) is 39.6 Å². The number of phosphoric acid groups is 2. The third-order valence-electron chi connectivity index (χ3n) is 17.0. The van der Waals surface area contributed by atoms with Crippen LogP contribution >= 0.6 is 15.6 Å². The summed E-state index contributed by atoms with van der Waals surface area (Å²) >= 11 is 0. The third-order valence-corrected chi connectivity index (χ3v) is 18.9. The fraction of sp³-hybridized carbons (Fsp3) is 0.945. The predicted octanol–water partition coefficient (Wildman–Crippen LogP) is 21.2. The number of unbranched alkanes of at least 4 members (excludes halogenated alkanes) is 42. The van der Waals surface area contributed by atoms with Crippen LogP contribution in [0.15, 0.2) is 0 Å². The van der Waals surface area contributed by atoms with E-state index in [2.05, 4.69) is 41.5 Å². The molecule has 0 saturated heterocycles. The van der Waals surface area contributed by atoms with E-state index in [0.29, 0.717) is 25.7 Å². The Morgan fingerprint density at radius 2 is 0.500 bits per heavy atom. The standard InChI is InChI=1S/C73H142O17P2/c1-7-9-11-13-15-16-17-18-19-20-28-33-39-45-51-57-72(77)89-68(61-83-70(75)55-49-43-35-14-12-10-8-2)63-87-91(79,80)85-59-67(74)60-86-92(81,82)88-64-69(90-73(78)58-52-46-40-34-29-24-22-26-31-37-42-48-54-66(5)6)62-84-71(76)56-50-44-38-32-27-23-21-25-30-36-41-47-53-65(3)4/h65-69,74H,7-64H2,1-6H3,(H,79,80)(H,81,82)/t67-,68+,69+/m0/s1. The lowest BCUT2D eigenvalue weighted by Gasteiger charge is -2.21. The lowest BCUT2D eigenvalue weighted by molar-refractivity contribution is -0.161. The van der Waals surface area contributed by atoms with Crippen molar-refractivity contribution < 1.29 is 80.2 Å².